The maximum Gasteiger partial charge on any atom is 0.573 e. The first-order valence-electron chi connectivity index (χ1n) is 8.74. The van der Waals surface area contributed by atoms with Crippen LogP contribution in [-0.2, 0) is 6.54 Å². The fraction of sp³-hybridized carbons (Fsp3) is 0.263. The Morgan fingerprint density at radius 3 is 2.19 bits per heavy atom. The van der Waals surface area contributed by atoms with Crippen molar-refractivity contribution in [1.82, 2.24) is 4.90 Å². The zero-order valence-electron chi connectivity index (χ0n) is 15.7. The number of para-hydroxylation sites is 1. The fourth-order valence-corrected chi connectivity index (χ4v) is 3.64. The fourth-order valence-electron chi connectivity index (χ4n) is 2.68. The van der Waals surface area contributed by atoms with Gasteiger partial charge in [0.25, 0.3) is 0 Å². The number of hydrogen-bond donors (Lipinski definition) is 0. The van der Waals surface area contributed by atoms with Gasteiger partial charge in [0, 0.05) is 5.69 Å². The number of alkyl halides is 6. The number of hydrogen-bond acceptors (Lipinski definition) is 4. The van der Waals surface area contributed by atoms with Crippen molar-refractivity contribution in [3.05, 3.63) is 60.2 Å². The van der Waals surface area contributed by atoms with Crippen molar-refractivity contribution in [3.63, 3.8) is 0 Å². The minimum Gasteiger partial charge on any atom is -0.406 e. The Labute approximate surface area is 177 Å². The standard InChI is InChI=1S/C19H15F6N3O2S/c20-18(21,22)11-26-16-27(10-13-6-8-15(9-7-13)30-19(23,24)25)17(29)28(12-31-16)14-4-2-1-3-5-14/h1-9H,10-12H2. The highest BCUT2D eigenvalue weighted by molar-refractivity contribution is 8.14. The van der Waals surface area contributed by atoms with E-state index in [2.05, 4.69) is 9.73 Å². The first-order valence-corrected chi connectivity index (χ1v) is 9.73. The lowest BCUT2D eigenvalue weighted by Crippen LogP contribution is -2.50. The third-order valence-corrected chi connectivity index (χ3v) is 4.97. The predicted molar refractivity (Wildman–Crippen MR) is 104 cm³/mol. The number of carbonyl (C=O) groups excluding carboxylic acids is 1. The average molecular weight is 463 g/mol. The van der Waals surface area contributed by atoms with Gasteiger partial charge in [-0.25, -0.2) is 4.79 Å². The van der Waals surface area contributed by atoms with Gasteiger partial charge in [0.2, 0.25) is 0 Å². The number of benzene rings is 2. The van der Waals surface area contributed by atoms with E-state index in [0.29, 0.717) is 11.3 Å². The number of amidine groups is 1. The van der Waals surface area contributed by atoms with E-state index in [0.717, 1.165) is 28.8 Å². The molecule has 1 fully saturated rings. The molecule has 0 atom stereocenters. The third-order valence-electron chi connectivity index (χ3n) is 3.97. The van der Waals surface area contributed by atoms with E-state index in [1.165, 1.54) is 17.0 Å². The Morgan fingerprint density at radius 2 is 1.61 bits per heavy atom. The monoisotopic (exact) mass is 463 g/mol. The molecule has 0 aromatic heterocycles. The van der Waals surface area contributed by atoms with Crippen LogP contribution in [0.1, 0.15) is 5.56 Å². The van der Waals surface area contributed by atoms with Crippen LogP contribution in [0.2, 0.25) is 0 Å². The van der Waals surface area contributed by atoms with E-state index in [-0.39, 0.29) is 17.6 Å². The summed E-state index contributed by atoms with van der Waals surface area (Å²) < 4.78 is 78.7. The summed E-state index contributed by atoms with van der Waals surface area (Å²) in [4.78, 5) is 19.0. The van der Waals surface area contributed by atoms with Gasteiger partial charge in [0.15, 0.2) is 5.17 Å². The molecule has 0 saturated carbocycles. The smallest absolute Gasteiger partial charge is 0.406 e. The van der Waals surface area contributed by atoms with Gasteiger partial charge in [-0.1, -0.05) is 42.1 Å². The van der Waals surface area contributed by atoms with Crippen LogP contribution in [0.4, 0.5) is 36.8 Å². The van der Waals surface area contributed by atoms with Crippen LogP contribution in [0, 0.1) is 0 Å². The second kappa shape index (κ2) is 9.08. The molecule has 0 bridgehead atoms. The van der Waals surface area contributed by atoms with Gasteiger partial charge in [0.1, 0.15) is 12.3 Å². The van der Waals surface area contributed by atoms with Crippen LogP contribution in [0.3, 0.4) is 0 Å². The van der Waals surface area contributed by atoms with Gasteiger partial charge in [-0.15, -0.1) is 13.2 Å². The molecule has 1 aliphatic rings. The summed E-state index contributed by atoms with van der Waals surface area (Å²) >= 11 is 0.957. The normalized spacial score (nSPS) is 16.7. The predicted octanol–water partition coefficient (Wildman–Crippen LogP) is 5.64. The zero-order valence-corrected chi connectivity index (χ0v) is 16.5. The minimum absolute atomic E-state index is 0.0639. The highest BCUT2D eigenvalue weighted by Gasteiger charge is 2.35. The number of thioether (sulfide) groups is 1. The molecule has 166 valence electrons. The van der Waals surface area contributed by atoms with E-state index < -0.39 is 30.9 Å². The number of ether oxygens (including phenoxy) is 1. The maximum atomic E-state index is 13.0. The van der Waals surface area contributed by atoms with Crippen molar-refractivity contribution < 1.29 is 35.9 Å². The van der Waals surface area contributed by atoms with Crippen LogP contribution in [-0.4, -0.2) is 41.1 Å². The van der Waals surface area contributed by atoms with Crippen LogP contribution in [0.25, 0.3) is 0 Å². The summed E-state index contributed by atoms with van der Waals surface area (Å²) in [6.45, 7) is -1.64. The molecule has 0 aliphatic carbocycles. The Morgan fingerprint density at radius 1 is 0.968 bits per heavy atom. The van der Waals surface area contributed by atoms with Gasteiger partial charge in [-0.3, -0.25) is 14.8 Å². The number of aliphatic imine (C=N–C) groups is 1. The van der Waals surface area contributed by atoms with E-state index in [9.17, 15) is 31.1 Å². The molecular weight excluding hydrogens is 448 g/mol. The quantitative estimate of drug-likeness (QED) is 0.540. The number of carbonyl (C=O) groups is 1. The van der Waals surface area contributed by atoms with Crippen molar-refractivity contribution in [1.29, 1.82) is 0 Å². The maximum absolute atomic E-state index is 13.0. The molecule has 3 rings (SSSR count). The molecule has 12 heteroatoms. The molecule has 31 heavy (non-hydrogen) atoms. The highest BCUT2D eigenvalue weighted by Crippen LogP contribution is 2.29. The molecule has 1 saturated heterocycles. The lowest BCUT2D eigenvalue weighted by atomic mass is 10.2. The Hall–Kier alpha value is -2.89. The second-order valence-electron chi connectivity index (χ2n) is 6.31. The summed E-state index contributed by atoms with van der Waals surface area (Å²) in [7, 11) is 0. The molecular formula is C19H15F6N3O2S. The number of nitrogens with zero attached hydrogens (tertiary/aromatic N) is 3. The largest absolute Gasteiger partial charge is 0.573 e. The summed E-state index contributed by atoms with van der Waals surface area (Å²) in [6, 6.07) is 12.6. The molecule has 1 aliphatic heterocycles. The van der Waals surface area contributed by atoms with Gasteiger partial charge >= 0.3 is 18.6 Å². The molecule has 0 radical (unpaired) electrons. The highest BCUT2D eigenvalue weighted by atomic mass is 32.2. The lowest BCUT2D eigenvalue weighted by molar-refractivity contribution is -0.274. The van der Waals surface area contributed by atoms with Crippen molar-refractivity contribution >= 4 is 28.6 Å². The van der Waals surface area contributed by atoms with E-state index in [1.54, 1.807) is 30.3 Å². The topological polar surface area (TPSA) is 45.1 Å². The average Bonchev–Trinajstić information content (AvgIpc) is 2.69. The zero-order chi connectivity index (χ0) is 22.6. The summed E-state index contributed by atoms with van der Waals surface area (Å²) in [5.41, 5.74) is 0.937. The Kier molecular flexibility index (Phi) is 6.68. The van der Waals surface area contributed by atoms with Crippen molar-refractivity contribution in [2.75, 3.05) is 17.3 Å². The van der Waals surface area contributed by atoms with E-state index in [4.69, 9.17) is 0 Å². The van der Waals surface area contributed by atoms with Crippen molar-refractivity contribution in [2.24, 2.45) is 4.99 Å². The number of urea groups is 1. The molecule has 0 unspecified atom stereocenters. The minimum atomic E-state index is -4.85. The van der Waals surface area contributed by atoms with Crippen molar-refractivity contribution in [2.45, 2.75) is 19.1 Å². The molecule has 5 nitrogen and oxygen atoms in total. The number of anilines is 1. The van der Waals surface area contributed by atoms with Crippen molar-refractivity contribution in [3.8, 4) is 5.75 Å². The molecule has 0 spiro atoms. The van der Waals surface area contributed by atoms with Gasteiger partial charge in [0.05, 0.1) is 12.4 Å². The van der Waals surface area contributed by atoms with E-state index in [1.807, 2.05) is 0 Å². The molecule has 2 aromatic rings. The van der Waals surface area contributed by atoms with Crippen LogP contribution < -0.4 is 9.64 Å². The van der Waals surface area contributed by atoms with Gasteiger partial charge in [-0.2, -0.15) is 13.2 Å². The molecule has 2 amide bonds. The first-order chi connectivity index (χ1) is 14.5. The van der Waals surface area contributed by atoms with E-state index >= 15 is 0 Å². The summed E-state index contributed by atoms with van der Waals surface area (Å²) in [5.74, 6) is -0.388. The third kappa shape index (κ3) is 6.54. The van der Waals surface area contributed by atoms with Crippen LogP contribution in [0.15, 0.2) is 59.6 Å². The van der Waals surface area contributed by atoms with Gasteiger partial charge < -0.3 is 4.74 Å². The summed E-state index contributed by atoms with van der Waals surface area (Å²) in [5, 5.41) is -0.120. The molecule has 2 aromatic carbocycles. The van der Waals surface area contributed by atoms with Gasteiger partial charge in [-0.05, 0) is 29.8 Å². The molecule has 1 heterocycles. The Bertz CT molecular complexity index is 932. The number of rotatable bonds is 5. The first kappa shape index (κ1) is 22.8. The number of amides is 2. The lowest BCUT2D eigenvalue weighted by Gasteiger charge is -2.36. The summed E-state index contributed by atoms with van der Waals surface area (Å²) in [6.07, 6.45) is -9.40. The SMILES string of the molecule is O=C1N(Cc2ccc(OC(F)(F)F)cc2)C(=NCC(F)(F)F)SCN1c1ccccc1. The van der Waals surface area contributed by atoms with Crippen LogP contribution >= 0.6 is 11.8 Å². The Balaban J connectivity index is 1.84. The van der Waals surface area contributed by atoms with Crippen LogP contribution in [0.5, 0.6) is 5.75 Å². The second-order valence-corrected chi connectivity index (χ2v) is 7.22. The number of halogens is 6. The molecule has 0 N–H and O–H groups in total.